The van der Waals surface area contributed by atoms with E-state index in [2.05, 4.69) is 29.4 Å². The van der Waals surface area contributed by atoms with Crippen molar-refractivity contribution in [1.29, 1.82) is 0 Å². The molecule has 0 fully saturated rings. The van der Waals surface area contributed by atoms with Gasteiger partial charge in [0.25, 0.3) is 0 Å². The number of alkyl carbamates (subject to hydrolysis) is 1. The van der Waals surface area contributed by atoms with E-state index in [-0.39, 0.29) is 18.1 Å². The summed E-state index contributed by atoms with van der Waals surface area (Å²) in [5.41, 5.74) is 1.54. The number of ether oxygens (including phenoxy) is 4. The highest BCUT2D eigenvalue weighted by Crippen LogP contribution is 2.55. The Hall–Kier alpha value is -2.74. The van der Waals surface area contributed by atoms with E-state index >= 15 is 0 Å². The summed E-state index contributed by atoms with van der Waals surface area (Å²) in [6, 6.07) is 4.08. The zero-order valence-electron chi connectivity index (χ0n) is 19.4. The van der Waals surface area contributed by atoms with Crippen LogP contribution in [0, 0.1) is 0 Å². The van der Waals surface area contributed by atoms with E-state index < -0.39 is 23.8 Å². The molecule has 1 aliphatic carbocycles. The molecule has 3 aliphatic rings. The van der Waals surface area contributed by atoms with Gasteiger partial charge in [0, 0.05) is 18.5 Å². The van der Waals surface area contributed by atoms with Crippen LogP contribution in [0.25, 0.3) is 0 Å². The fourth-order valence-electron chi connectivity index (χ4n) is 4.82. The van der Waals surface area contributed by atoms with E-state index in [1.54, 1.807) is 27.9 Å². The van der Waals surface area contributed by atoms with Crippen molar-refractivity contribution in [3.63, 3.8) is 0 Å². The maximum absolute atomic E-state index is 12.3. The summed E-state index contributed by atoms with van der Waals surface area (Å²) >= 11 is 0. The molecule has 1 spiro atoms. The first-order valence-electron chi connectivity index (χ1n) is 11.0. The Balaban J connectivity index is 1.47. The molecular weight excluding hydrogens is 412 g/mol. The molecule has 1 unspecified atom stereocenters. The fourth-order valence-corrected chi connectivity index (χ4v) is 4.82. The lowest BCUT2D eigenvalue weighted by molar-refractivity contribution is -0.147. The third-order valence-corrected chi connectivity index (χ3v) is 6.19. The number of carbonyl (C=O) groups is 2. The molecule has 0 bridgehead atoms. The third kappa shape index (κ3) is 4.28. The van der Waals surface area contributed by atoms with Crippen molar-refractivity contribution >= 4 is 12.1 Å². The summed E-state index contributed by atoms with van der Waals surface area (Å²) in [5.74, 6) is 1.01. The Kier molecular flexibility index (Phi) is 5.83. The van der Waals surface area contributed by atoms with Crippen molar-refractivity contribution in [2.75, 3.05) is 27.2 Å². The molecule has 0 aromatic heterocycles. The molecule has 0 saturated heterocycles. The van der Waals surface area contributed by atoms with Gasteiger partial charge in [0.15, 0.2) is 11.5 Å². The number of amides is 1. The zero-order chi connectivity index (χ0) is 23.1. The molecule has 3 atom stereocenters. The summed E-state index contributed by atoms with van der Waals surface area (Å²) in [6.07, 6.45) is 4.32. The maximum Gasteiger partial charge on any atom is 0.408 e. The van der Waals surface area contributed by atoms with Gasteiger partial charge in [-0.25, -0.2) is 4.79 Å². The summed E-state index contributed by atoms with van der Waals surface area (Å²) in [7, 11) is 3.77. The van der Waals surface area contributed by atoms with Crippen LogP contribution < -0.4 is 14.8 Å². The lowest BCUT2D eigenvalue weighted by atomic mass is 9.69. The van der Waals surface area contributed by atoms with Crippen LogP contribution in [0.4, 0.5) is 4.79 Å². The van der Waals surface area contributed by atoms with Gasteiger partial charge in [-0.2, -0.15) is 0 Å². The number of nitrogens with zero attached hydrogens (tertiary/aromatic N) is 1. The predicted octanol–water partition coefficient (Wildman–Crippen LogP) is 2.93. The van der Waals surface area contributed by atoms with Crippen LogP contribution in [0.2, 0.25) is 0 Å². The first-order valence-corrected chi connectivity index (χ1v) is 11.0. The Bertz CT molecular complexity index is 937. The average Bonchev–Trinajstić information content (AvgIpc) is 2.97. The van der Waals surface area contributed by atoms with E-state index in [0.29, 0.717) is 6.42 Å². The molecule has 1 N–H and O–H groups in total. The van der Waals surface area contributed by atoms with E-state index in [1.807, 2.05) is 12.1 Å². The SMILES string of the molecule is COc1ccc2c3c1O[C@H]1C[C@H](OC(=O)CNC(=O)OC(C)(C)C)C=CC31CCN(C)C2. The lowest BCUT2D eigenvalue weighted by Crippen LogP contribution is -2.44. The highest BCUT2D eigenvalue weighted by molar-refractivity contribution is 5.78. The molecule has 174 valence electrons. The molecule has 1 aromatic carbocycles. The van der Waals surface area contributed by atoms with Gasteiger partial charge in [-0.05, 0) is 58.5 Å². The Morgan fingerprint density at radius 2 is 2.09 bits per heavy atom. The Morgan fingerprint density at radius 1 is 1.31 bits per heavy atom. The highest BCUT2D eigenvalue weighted by atomic mass is 16.6. The molecule has 2 heterocycles. The average molecular weight is 445 g/mol. The van der Waals surface area contributed by atoms with Crippen molar-refractivity contribution in [3.05, 3.63) is 35.4 Å². The number of methoxy groups -OCH3 is 1. The monoisotopic (exact) mass is 444 g/mol. The zero-order valence-corrected chi connectivity index (χ0v) is 19.4. The van der Waals surface area contributed by atoms with Gasteiger partial charge in [0.1, 0.15) is 24.4 Å². The number of rotatable bonds is 4. The van der Waals surface area contributed by atoms with E-state index in [1.165, 1.54) is 11.1 Å². The van der Waals surface area contributed by atoms with Crippen molar-refractivity contribution in [2.24, 2.45) is 0 Å². The van der Waals surface area contributed by atoms with Gasteiger partial charge in [-0.1, -0.05) is 12.1 Å². The number of benzene rings is 1. The summed E-state index contributed by atoms with van der Waals surface area (Å²) in [6.45, 7) is 6.83. The van der Waals surface area contributed by atoms with Gasteiger partial charge in [0.2, 0.25) is 0 Å². The van der Waals surface area contributed by atoms with Crippen LogP contribution in [0.3, 0.4) is 0 Å². The third-order valence-electron chi connectivity index (χ3n) is 6.19. The second-order valence-electron chi connectivity index (χ2n) is 9.74. The van der Waals surface area contributed by atoms with Crippen LogP contribution in [0.1, 0.15) is 44.7 Å². The molecule has 1 aromatic rings. The van der Waals surface area contributed by atoms with Gasteiger partial charge >= 0.3 is 12.1 Å². The topological polar surface area (TPSA) is 86.3 Å². The molecule has 8 nitrogen and oxygen atoms in total. The largest absolute Gasteiger partial charge is 0.493 e. The number of carbonyl (C=O) groups excluding carboxylic acids is 2. The first kappa shape index (κ1) is 22.5. The van der Waals surface area contributed by atoms with Crippen LogP contribution in [0.5, 0.6) is 11.5 Å². The van der Waals surface area contributed by atoms with Crippen molar-refractivity contribution in [2.45, 2.75) is 63.4 Å². The first-order chi connectivity index (χ1) is 15.1. The number of hydrogen-bond acceptors (Lipinski definition) is 7. The van der Waals surface area contributed by atoms with Crippen LogP contribution >= 0.6 is 0 Å². The van der Waals surface area contributed by atoms with Crippen molar-refractivity contribution in [1.82, 2.24) is 10.2 Å². The van der Waals surface area contributed by atoms with Gasteiger partial charge < -0.3 is 29.2 Å². The molecule has 8 heteroatoms. The van der Waals surface area contributed by atoms with Gasteiger partial charge in [0.05, 0.1) is 12.5 Å². The molecule has 0 saturated carbocycles. The quantitative estimate of drug-likeness (QED) is 0.564. The minimum absolute atomic E-state index is 0.152. The summed E-state index contributed by atoms with van der Waals surface area (Å²) in [5, 5.41) is 2.44. The lowest BCUT2D eigenvalue weighted by Gasteiger charge is -2.36. The maximum atomic E-state index is 12.3. The standard InChI is InChI=1S/C24H32N2O6/c1-23(2,3)32-22(28)25-13-19(27)30-16-8-9-24-10-11-26(4)14-15-6-7-17(29-5)21(20(15)24)31-18(24)12-16/h6-9,16,18H,10-14H2,1-5H3,(H,25,28)/t16-,18+,24?/m1/s1. The van der Waals surface area contributed by atoms with Crippen LogP contribution in [0.15, 0.2) is 24.3 Å². The molecule has 32 heavy (non-hydrogen) atoms. The smallest absolute Gasteiger partial charge is 0.408 e. The summed E-state index contributed by atoms with van der Waals surface area (Å²) in [4.78, 5) is 26.4. The second-order valence-corrected chi connectivity index (χ2v) is 9.74. The fraction of sp³-hybridized carbons (Fsp3) is 0.583. The normalized spacial score (nSPS) is 26.3. The minimum Gasteiger partial charge on any atom is -0.493 e. The number of esters is 1. The van der Waals surface area contributed by atoms with E-state index in [0.717, 1.165) is 31.0 Å². The van der Waals surface area contributed by atoms with Crippen LogP contribution in [-0.4, -0.2) is 62.0 Å². The second kappa shape index (κ2) is 8.31. The Morgan fingerprint density at radius 3 is 2.81 bits per heavy atom. The molecule has 2 aliphatic heterocycles. The molecular formula is C24H32N2O6. The molecule has 0 radical (unpaired) electrons. The minimum atomic E-state index is -0.649. The van der Waals surface area contributed by atoms with Crippen LogP contribution in [-0.2, 0) is 26.2 Å². The Labute approximate surface area is 188 Å². The van der Waals surface area contributed by atoms with E-state index in [9.17, 15) is 9.59 Å². The van der Waals surface area contributed by atoms with Gasteiger partial charge in [-0.15, -0.1) is 0 Å². The molecule has 4 rings (SSSR count). The van der Waals surface area contributed by atoms with Crippen molar-refractivity contribution < 1.29 is 28.5 Å². The number of hydrogen-bond donors (Lipinski definition) is 1. The number of nitrogens with one attached hydrogen (secondary N) is 1. The van der Waals surface area contributed by atoms with Gasteiger partial charge in [-0.3, -0.25) is 4.79 Å². The van der Waals surface area contributed by atoms with E-state index in [4.69, 9.17) is 18.9 Å². The summed E-state index contributed by atoms with van der Waals surface area (Å²) < 4.78 is 22.8. The van der Waals surface area contributed by atoms with Crippen molar-refractivity contribution in [3.8, 4) is 11.5 Å². The molecule has 1 amide bonds. The predicted molar refractivity (Wildman–Crippen MR) is 118 cm³/mol. The highest BCUT2D eigenvalue weighted by Gasteiger charge is 2.53.